The number of hydrogen-bond acceptors (Lipinski definition) is 3. The van der Waals surface area contributed by atoms with Crippen LogP contribution in [0.4, 0.5) is 4.79 Å². The largest absolute Gasteiger partial charge is 0.480 e. The molecule has 0 rings (SSSR count). The molecule has 2 amide bonds. The molecule has 0 saturated heterocycles. The van der Waals surface area contributed by atoms with Crippen molar-refractivity contribution in [3.63, 3.8) is 0 Å². The van der Waals surface area contributed by atoms with E-state index in [1.165, 1.54) is 0 Å². The summed E-state index contributed by atoms with van der Waals surface area (Å²) in [5.41, 5.74) is 0. The highest BCUT2D eigenvalue weighted by Crippen LogP contribution is 2.04. The van der Waals surface area contributed by atoms with E-state index in [9.17, 15) is 9.59 Å². The molecule has 18 heavy (non-hydrogen) atoms. The van der Waals surface area contributed by atoms with Crippen LogP contribution in [0.1, 0.15) is 27.2 Å². The van der Waals surface area contributed by atoms with Crippen molar-refractivity contribution in [3.8, 4) is 0 Å². The van der Waals surface area contributed by atoms with Gasteiger partial charge in [-0.15, -0.1) is 0 Å². The number of carboxylic acids is 1. The fourth-order valence-electron chi connectivity index (χ4n) is 1.33. The predicted octanol–water partition coefficient (Wildman–Crippen LogP) is 0.735. The zero-order chi connectivity index (χ0) is 14.3. The summed E-state index contributed by atoms with van der Waals surface area (Å²) in [4.78, 5) is 24.5. The molecule has 0 bridgehead atoms. The molecule has 0 aromatic rings. The van der Waals surface area contributed by atoms with Gasteiger partial charge in [0.05, 0.1) is 0 Å². The molecule has 0 heterocycles. The van der Waals surface area contributed by atoms with E-state index < -0.39 is 18.0 Å². The maximum absolute atomic E-state index is 11.6. The minimum absolute atomic E-state index is 0.198. The van der Waals surface area contributed by atoms with E-state index in [1.54, 1.807) is 0 Å². The molecule has 0 radical (unpaired) electrons. The Kier molecular flexibility index (Phi) is 7.35. The number of rotatable bonds is 7. The first-order chi connectivity index (χ1) is 8.23. The van der Waals surface area contributed by atoms with Crippen LogP contribution in [0.25, 0.3) is 0 Å². The summed E-state index contributed by atoms with van der Waals surface area (Å²) in [6.07, 6.45) is 0.423. The van der Waals surface area contributed by atoms with Crippen LogP contribution in [0.15, 0.2) is 0 Å². The molecular formula is C12H25N3O3. The van der Waals surface area contributed by atoms with Crippen molar-refractivity contribution in [1.82, 2.24) is 15.5 Å². The van der Waals surface area contributed by atoms with E-state index in [0.717, 1.165) is 0 Å². The van der Waals surface area contributed by atoms with Crippen molar-refractivity contribution in [2.75, 3.05) is 20.6 Å². The van der Waals surface area contributed by atoms with Crippen LogP contribution >= 0.6 is 0 Å². The maximum Gasteiger partial charge on any atom is 0.326 e. The fraction of sp³-hybridized carbons (Fsp3) is 0.833. The number of likely N-dealkylation sites (N-methyl/N-ethyl adjacent to an activating group) is 1. The number of nitrogens with zero attached hydrogens (tertiary/aromatic N) is 1. The van der Waals surface area contributed by atoms with E-state index in [4.69, 9.17) is 5.11 Å². The third-order valence-electron chi connectivity index (χ3n) is 2.75. The van der Waals surface area contributed by atoms with Crippen LogP contribution in [-0.4, -0.2) is 54.7 Å². The molecule has 0 aromatic carbocycles. The number of carbonyl (C=O) groups excluding carboxylic acids is 1. The molecule has 3 N–H and O–H groups in total. The van der Waals surface area contributed by atoms with Gasteiger partial charge in [-0.1, -0.05) is 13.8 Å². The molecule has 2 atom stereocenters. The lowest BCUT2D eigenvalue weighted by Crippen LogP contribution is -2.49. The summed E-state index contributed by atoms with van der Waals surface area (Å²) in [6, 6.07) is -1.07. The first-order valence-corrected chi connectivity index (χ1v) is 6.17. The Balaban J connectivity index is 4.14. The van der Waals surface area contributed by atoms with Crippen LogP contribution in [0, 0.1) is 5.92 Å². The molecular weight excluding hydrogens is 234 g/mol. The Labute approximate surface area is 109 Å². The minimum atomic E-state index is -1.00. The second-order valence-electron chi connectivity index (χ2n) is 5.19. The standard InChI is InChI=1S/C12H25N3O3/c1-8(2)6-10(11(16)17)14-12(18)13-7-9(3)15(4)5/h8-10H,6-7H2,1-5H3,(H,16,17)(H2,13,14,18)/t9?,10-/m1/s1. The van der Waals surface area contributed by atoms with Gasteiger partial charge in [-0.3, -0.25) is 0 Å². The van der Waals surface area contributed by atoms with E-state index >= 15 is 0 Å². The minimum Gasteiger partial charge on any atom is -0.480 e. The monoisotopic (exact) mass is 259 g/mol. The maximum atomic E-state index is 11.6. The third kappa shape index (κ3) is 7.11. The van der Waals surface area contributed by atoms with Gasteiger partial charge in [-0.25, -0.2) is 9.59 Å². The number of urea groups is 1. The van der Waals surface area contributed by atoms with Crippen molar-refractivity contribution in [1.29, 1.82) is 0 Å². The van der Waals surface area contributed by atoms with Gasteiger partial charge in [0, 0.05) is 12.6 Å². The van der Waals surface area contributed by atoms with E-state index in [2.05, 4.69) is 10.6 Å². The number of carboxylic acid groups (broad SMARTS) is 1. The summed E-state index contributed by atoms with van der Waals surface area (Å²) in [7, 11) is 3.84. The topological polar surface area (TPSA) is 81.7 Å². The average molecular weight is 259 g/mol. The van der Waals surface area contributed by atoms with Gasteiger partial charge in [0.1, 0.15) is 6.04 Å². The number of amides is 2. The molecule has 6 heteroatoms. The normalized spacial score (nSPS) is 14.4. The van der Waals surface area contributed by atoms with Gasteiger partial charge in [0.15, 0.2) is 0 Å². The fourth-order valence-corrected chi connectivity index (χ4v) is 1.33. The lowest BCUT2D eigenvalue weighted by Gasteiger charge is -2.21. The molecule has 6 nitrogen and oxygen atoms in total. The number of hydrogen-bond donors (Lipinski definition) is 3. The van der Waals surface area contributed by atoms with E-state index in [-0.39, 0.29) is 12.0 Å². The molecule has 106 valence electrons. The summed E-state index contributed by atoms with van der Waals surface area (Å²) in [6.45, 7) is 6.29. The summed E-state index contributed by atoms with van der Waals surface area (Å²) in [5.74, 6) is -0.786. The van der Waals surface area contributed by atoms with Gasteiger partial charge in [-0.2, -0.15) is 0 Å². The third-order valence-corrected chi connectivity index (χ3v) is 2.75. The zero-order valence-corrected chi connectivity index (χ0v) is 11.9. The smallest absolute Gasteiger partial charge is 0.326 e. The lowest BCUT2D eigenvalue weighted by molar-refractivity contribution is -0.139. The molecule has 0 aliphatic carbocycles. The molecule has 0 spiro atoms. The lowest BCUT2D eigenvalue weighted by atomic mass is 10.0. The second-order valence-corrected chi connectivity index (χ2v) is 5.19. The predicted molar refractivity (Wildman–Crippen MR) is 70.6 cm³/mol. The van der Waals surface area contributed by atoms with Crippen LogP contribution < -0.4 is 10.6 Å². The highest BCUT2D eigenvalue weighted by Gasteiger charge is 2.21. The van der Waals surface area contributed by atoms with Crippen LogP contribution in [0.3, 0.4) is 0 Å². The number of aliphatic carboxylic acids is 1. The van der Waals surface area contributed by atoms with Crippen LogP contribution in [-0.2, 0) is 4.79 Å². The van der Waals surface area contributed by atoms with Crippen molar-refractivity contribution in [2.45, 2.75) is 39.3 Å². The average Bonchev–Trinajstić information content (AvgIpc) is 2.23. The first kappa shape index (κ1) is 16.7. The molecule has 0 fully saturated rings. The first-order valence-electron chi connectivity index (χ1n) is 6.17. The Morgan fingerprint density at radius 1 is 1.22 bits per heavy atom. The van der Waals surface area contributed by atoms with Gasteiger partial charge in [0.2, 0.25) is 0 Å². The molecule has 1 unspecified atom stereocenters. The van der Waals surface area contributed by atoms with Crippen LogP contribution in [0.2, 0.25) is 0 Å². The molecule has 0 aromatic heterocycles. The molecule has 0 saturated carbocycles. The summed E-state index contributed by atoms with van der Waals surface area (Å²) in [5, 5.41) is 14.1. The van der Waals surface area contributed by atoms with Crippen molar-refractivity contribution < 1.29 is 14.7 Å². The highest BCUT2D eigenvalue weighted by atomic mass is 16.4. The Bertz CT molecular complexity index is 280. The van der Waals surface area contributed by atoms with Gasteiger partial charge >= 0.3 is 12.0 Å². The van der Waals surface area contributed by atoms with Gasteiger partial charge in [0.25, 0.3) is 0 Å². The summed E-state index contributed by atoms with van der Waals surface area (Å²) >= 11 is 0. The molecule has 0 aliphatic rings. The van der Waals surface area contributed by atoms with Gasteiger partial charge in [-0.05, 0) is 33.4 Å². The van der Waals surface area contributed by atoms with Crippen molar-refractivity contribution in [3.05, 3.63) is 0 Å². The van der Waals surface area contributed by atoms with E-state index in [0.29, 0.717) is 13.0 Å². The van der Waals surface area contributed by atoms with Crippen molar-refractivity contribution in [2.24, 2.45) is 5.92 Å². The summed E-state index contributed by atoms with van der Waals surface area (Å²) < 4.78 is 0. The zero-order valence-electron chi connectivity index (χ0n) is 11.9. The SMILES string of the molecule is CC(C)C[C@@H](NC(=O)NCC(C)N(C)C)C(=O)O. The number of carbonyl (C=O) groups is 2. The van der Waals surface area contributed by atoms with Crippen molar-refractivity contribution >= 4 is 12.0 Å². The number of nitrogens with one attached hydrogen (secondary N) is 2. The quantitative estimate of drug-likeness (QED) is 0.629. The van der Waals surface area contributed by atoms with Crippen LogP contribution in [0.5, 0.6) is 0 Å². The highest BCUT2D eigenvalue weighted by molar-refractivity contribution is 5.82. The Hall–Kier alpha value is -1.30. The molecule has 0 aliphatic heterocycles. The van der Waals surface area contributed by atoms with E-state index in [1.807, 2.05) is 39.8 Å². The Morgan fingerprint density at radius 2 is 1.78 bits per heavy atom. The second kappa shape index (κ2) is 7.92. The van der Waals surface area contributed by atoms with Gasteiger partial charge < -0.3 is 20.6 Å². The Morgan fingerprint density at radius 3 is 2.17 bits per heavy atom.